The van der Waals surface area contributed by atoms with Crippen LogP contribution >= 0.6 is 0 Å². The summed E-state index contributed by atoms with van der Waals surface area (Å²) < 4.78 is 39.0. The highest BCUT2D eigenvalue weighted by atomic mass is 19.4. The molecule has 0 fully saturated rings. The van der Waals surface area contributed by atoms with Crippen LogP contribution in [-0.2, 0) is 12.7 Å². The highest BCUT2D eigenvalue weighted by molar-refractivity contribution is 5.86. The predicted octanol–water partition coefficient (Wildman–Crippen LogP) is 2.04. The van der Waals surface area contributed by atoms with E-state index in [9.17, 15) is 18.0 Å². The summed E-state index contributed by atoms with van der Waals surface area (Å²) in [6.45, 7) is -0.357. The second-order valence-corrected chi connectivity index (χ2v) is 3.66. The van der Waals surface area contributed by atoms with Crippen LogP contribution in [0.2, 0.25) is 0 Å². The van der Waals surface area contributed by atoms with E-state index in [1.54, 1.807) is 0 Å². The number of nitrogens with zero attached hydrogens (tertiary/aromatic N) is 3. The van der Waals surface area contributed by atoms with E-state index in [1.165, 1.54) is 18.5 Å². The van der Waals surface area contributed by atoms with Crippen molar-refractivity contribution in [3.05, 3.63) is 47.8 Å². The van der Waals surface area contributed by atoms with Crippen molar-refractivity contribution >= 4 is 5.97 Å². The van der Waals surface area contributed by atoms with Crippen molar-refractivity contribution in [1.82, 2.24) is 14.5 Å². The van der Waals surface area contributed by atoms with E-state index in [2.05, 4.69) is 9.97 Å². The van der Waals surface area contributed by atoms with Crippen LogP contribution < -0.4 is 0 Å². The number of aromatic carboxylic acids is 1. The number of hydrogen-bond acceptors (Lipinski definition) is 3. The summed E-state index contributed by atoms with van der Waals surface area (Å²) in [5.74, 6) is -1.34. The number of rotatable bonds is 3. The lowest BCUT2D eigenvalue weighted by Gasteiger charge is -2.12. The fourth-order valence-corrected chi connectivity index (χ4v) is 1.63. The number of hydrogen-bond donors (Lipinski definition) is 1. The Bertz CT molecular complexity index is 593. The molecule has 0 radical (unpaired) electrons. The van der Waals surface area contributed by atoms with Crippen molar-refractivity contribution < 1.29 is 23.1 Å². The minimum atomic E-state index is -4.64. The van der Waals surface area contributed by atoms with Gasteiger partial charge in [-0.05, 0) is 18.2 Å². The summed E-state index contributed by atoms with van der Waals surface area (Å²) >= 11 is 0. The van der Waals surface area contributed by atoms with E-state index in [-0.39, 0.29) is 12.4 Å². The molecule has 0 aromatic carbocycles. The van der Waals surface area contributed by atoms with Crippen molar-refractivity contribution in [2.75, 3.05) is 0 Å². The smallest absolute Gasteiger partial charge is 0.431 e. The van der Waals surface area contributed by atoms with Gasteiger partial charge in [0.05, 0.1) is 6.54 Å². The van der Waals surface area contributed by atoms with Gasteiger partial charge in [0.15, 0.2) is 0 Å². The maximum Gasteiger partial charge on any atom is 0.431 e. The van der Waals surface area contributed by atoms with Gasteiger partial charge in [0, 0.05) is 12.4 Å². The van der Waals surface area contributed by atoms with Crippen molar-refractivity contribution in [3.63, 3.8) is 0 Å². The Kier molecular flexibility index (Phi) is 3.24. The lowest BCUT2D eigenvalue weighted by molar-refractivity contribution is -0.143. The summed E-state index contributed by atoms with van der Waals surface area (Å²) in [4.78, 5) is 18.5. The number of carbonyl (C=O) groups is 1. The Morgan fingerprint density at radius 1 is 1.26 bits per heavy atom. The number of aromatic nitrogens is 3. The Morgan fingerprint density at radius 3 is 2.42 bits per heavy atom. The third-order valence-electron chi connectivity index (χ3n) is 2.41. The van der Waals surface area contributed by atoms with E-state index < -0.39 is 23.5 Å². The molecule has 100 valence electrons. The molecule has 0 atom stereocenters. The highest BCUT2D eigenvalue weighted by Crippen LogP contribution is 2.31. The molecule has 0 saturated heterocycles. The summed E-state index contributed by atoms with van der Waals surface area (Å²) in [7, 11) is 0. The average molecular weight is 271 g/mol. The average Bonchev–Trinajstić information content (AvgIpc) is 2.74. The first-order chi connectivity index (χ1) is 8.89. The Morgan fingerprint density at radius 2 is 1.89 bits per heavy atom. The Labute approximate surface area is 105 Å². The summed E-state index contributed by atoms with van der Waals surface area (Å²) in [6, 6.07) is 3.16. The lowest BCUT2D eigenvalue weighted by atomic mass is 10.4. The van der Waals surface area contributed by atoms with Gasteiger partial charge in [-0.15, -0.1) is 0 Å². The molecular formula is C11H8F3N3O2. The van der Waals surface area contributed by atoms with Crippen LogP contribution in [0.1, 0.15) is 22.0 Å². The number of halogens is 3. The van der Waals surface area contributed by atoms with Crippen LogP contribution in [0.25, 0.3) is 0 Å². The van der Waals surface area contributed by atoms with Gasteiger partial charge < -0.3 is 9.67 Å². The molecule has 0 aliphatic heterocycles. The molecule has 19 heavy (non-hydrogen) atoms. The third kappa shape index (κ3) is 2.72. The standard InChI is InChI=1S/C11H8F3N3O2/c12-11(13,14)8-3-2-7(10(18)19)17(8)6-9-15-4-1-5-16-9/h1-5H,6H2,(H,18,19). The van der Waals surface area contributed by atoms with Crippen molar-refractivity contribution in [2.45, 2.75) is 12.7 Å². The second-order valence-electron chi connectivity index (χ2n) is 3.66. The monoisotopic (exact) mass is 271 g/mol. The van der Waals surface area contributed by atoms with Gasteiger partial charge in [-0.25, -0.2) is 14.8 Å². The van der Waals surface area contributed by atoms with E-state index in [0.717, 1.165) is 12.1 Å². The van der Waals surface area contributed by atoms with Crippen LogP contribution in [0.3, 0.4) is 0 Å². The maximum atomic E-state index is 12.8. The van der Waals surface area contributed by atoms with Crippen LogP contribution in [0, 0.1) is 0 Å². The van der Waals surface area contributed by atoms with Crippen molar-refractivity contribution in [2.24, 2.45) is 0 Å². The maximum absolute atomic E-state index is 12.8. The van der Waals surface area contributed by atoms with Crippen LogP contribution in [0.5, 0.6) is 0 Å². The fraction of sp³-hybridized carbons (Fsp3) is 0.182. The van der Waals surface area contributed by atoms with Crippen LogP contribution in [-0.4, -0.2) is 25.6 Å². The largest absolute Gasteiger partial charge is 0.477 e. The fourth-order valence-electron chi connectivity index (χ4n) is 1.63. The molecule has 0 saturated carbocycles. The van der Waals surface area contributed by atoms with Gasteiger partial charge in [-0.1, -0.05) is 0 Å². The molecule has 0 aliphatic rings. The molecule has 2 heterocycles. The molecule has 0 amide bonds. The number of carboxylic acid groups (broad SMARTS) is 1. The number of carboxylic acids is 1. The Hall–Kier alpha value is -2.38. The van der Waals surface area contributed by atoms with Gasteiger partial charge in [0.25, 0.3) is 0 Å². The zero-order chi connectivity index (χ0) is 14.0. The molecule has 0 spiro atoms. The molecule has 8 heteroatoms. The SMILES string of the molecule is O=C(O)c1ccc(C(F)(F)F)n1Cc1ncccn1. The van der Waals surface area contributed by atoms with Gasteiger partial charge in [0.1, 0.15) is 17.2 Å². The molecular weight excluding hydrogens is 263 g/mol. The zero-order valence-electron chi connectivity index (χ0n) is 9.42. The van der Waals surface area contributed by atoms with Gasteiger partial charge >= 0.3 is 12.1 Å². The Balaban J connectivity index is 2.47. The first-order valence-corrected chi connectivity index (χ1v) is 5.15. The third-order valence-corrected chi connectivity index (χ3v) is 2.41. The first-order valence-electron chi connectivity index (χ1n) is 5.15. The summed E-state index contributed by atoms with van der Waals surface area (Å²) in [6.07, 6.45) is -1.89. The molecule has 2 aromatic heterocycles. The van der Waals surface area contributed by atoms with E-state index in [4.69, 9.17) is 5.11 Å². The van der Waals surface area contributed by atoms with E-state index in [1.807, 2.05) is 0 Å². The van der Waals surface area contributed by atoms with Crippen molar-refractivity contribution in [1.29, 1.82) is 0 Å². The van der Waals surface area contributed by atoms with Crippen LogP contribution in [0.15, 0.2) is 30.6 Å². The lowest BCUT2D eigenvalue weighted by Crippen LogP contribution is -2.19. The topological polar surface area (TPSA) is 68.0 Å². The number of alkyl halides is 3. The predicted molar refractivity (Wildman–Crippen MR) is 57.5 cm³/mol. The highest BCUT2D eigenvalue weighted by Gasteiger charge is 2.36. The van der Waals surface area contributed by atoms with Crippen molar-refractivity contribution in [3.8, 4) is 0 Å². The van der Waals surface area contributed by atoms with E-state index in [0.29, 0.717) is 4.57 Å². The summed E-state index contributed by atoms with van der Waals surface area (Å²) in [5, 5.41) is 8.89. The molecule has 5 nitrogen and oxygen atoms in total. The van der Waals surface area contributed by atoms with Crippen LogP contribution in [0.4, 0.5) is 13.2 Å². The second kappa shape index (κ2) is 4.71. The van der Waals surface area contributed by atoms with E-state index >= 15 is 0 Å². The zero-order valence-corrected chi connectivity index (χ0v) is 9.42. The minimum absolute atomic E-state index is 0.103. The quantitative estimate of drug-likeness (QED) is 0.927. The minimum Gasteiger partial charge on any atom is -0.477 e. The van der Waals surface area contributed by atoms with Gasteiger partial charge in [-0.3, -0.25) is 0 Å². The molecule has 0 bridgehead atoms. The molecule has 2 aromatic rings. The van der Waals surface area contributed by atoms with Gasteiger partial charge in [0.2, 0.25) is 0 Å². The normalized spacial score (nSPS) is 11.5. The van der Waals surface area contributed by atoms with Gasteiger partial charge in [-0.2, -0.15) is 13.2 Å². The first kappa shape index (κ1) is 13.1. The molecule has 2 rings (SSSR count). The molecule has 1 N–H and O–H groups in total. The summed E-state index contributed by atoms with van der Waals surface area (Å²) in [5.41, 5.74) is -1.50. The molecule has 0 aliphatic carbocycles. The molecule has 0 unspecified atom stereocenters.